The van der Waals surface area contributed by atoms with Crippen molar-refractivity contribution in [3.63, 3.8) is 0 Å². The third-order valence-corrected chi connectivity index (χ3v) is 3.75. The Morgan fingerprint density at radius 1 is 1.14 bits per heavy atom. The second kappa shape index (κ2) is 5.60. The Balaban J connectivity index is 2.28. The minimum absolute atomic E-state index is 0.0528. The summed E-state index contributed by atoms with van der Waals surface area (Å²) in [5.74, 6) is -0.0528. The highest BCUT2D eigenvalue weighted by molar-refractivity contribution is 7.87. The van der Waals surface area contributed by atoms with Gasteiger partial charge in [-0.25, -0.2) is 0 Å². The van der Waals surface area contributed by atoms with Crippen LogP contribution in [0.5, 0.6) is 5.75 Å². The fourth-order valence-corrected chi connectivity index (χ4v) is 2.50. The third kappa shape index (κ3) is 3.34. The molecule has 7 nitrogen and oxygen atoms in total. The lowest BCUT2D eigenvalue weighted by atomic mass is 10.2. The molecule has 2 rings (SSSR count). The van der Waals surface area contributed by atoms with Gasteiger partial charge in [0.05, 0.1) is 16.6 Å². The smallest absolute Gasteiger partial charge is 0.339 e. The van der Waals surface area contributed by atoms with Gasteiger partial charge in [-0.15, -0.1) is 0 Å². The lowest BCUT2D eigenvalue weighted by Crippen LogP contribution is -2.09. The second-order valence-electron chi connectivity index (χ2n) is 3.93. The van der Waals surface area contributed by atoms with Crippen LogP contribution < -0.4 is 4.18 Å². The topological polar surface area (TPSA) is 110 Å². The van der Waals surface area contributed by atoms with Crippen LogP contribution in [-0.2, 0) is 10.1 Å². The molecule has 0 aliphatic carbocycles. The molecule has 21 heavy (non-hydrogen) atoms. The van der Waals surface area contributed by atoms with Crippen LogP contribution >= 0.6 is 0 Å². The fraction of sp³-hybridized carbons (Fsp3) is 0. The van der Waals surface area contributed by atoms with E-state index in [1.165, 1.54) is 36.4 Å². The quantitative estimate of drug-likeness (QED) is 0.486. The molecule has 0 radical (unpaired) electrons. The van der Waals surface area contributed by atoms with Crippen molar-refractivity contribution in [2.24, 2.45) is 0 Å². The molecule has 0 unspecified atom stereocenters. The lowest BCUT2D eigenvalue weighted by molar-refractivity contribution is -0.384. The molecule has 0 N–H and O–H groups in total. The second-order valence-corrected chi connectivity index (χ2v) is 5.47. The molecule has 0 spiro atoms. The molecule has 0 bridgehead atoms. The maximum atomic E-state index is 12.0. The minimum Gasteiger partial charge on any atom is -0.379 e. The van der Waals surface area contributed by atoms with Crippen LogP contribution in [-0.4, -0.2) is 13.3 Å². The van der Waals surface area contributed by atoms with Crippen LogP contribution in [0.1, 0.15) is 5.56 Å². The Kier molecular flexibility index (Phi) is 3.86. The Bertz CT molecular complexity index is 822. The molecular formula is C13H8N2O5S. The molecular weight excluding hydrogens is 296 g/mol. The fourth-order valence-electron chi connectivity index (χ4n) is 1.52. The van der Waals surface area contributed by atoms with Crippen molar-refractivity contribution >= 4 is 15.8 Å². The normalized spacial score (nSPS) is 10.6. The number of nitriles is 1. The van der Waals surface area contributed by atoms with Crippen molar-refractivity contribution in [3.8, 4) is 11.8 Å². The molecule has 0 aliphatic rings. The molecule has 0 aliphatic heterocycles. The zero-order chi connectivity index (χ0) is 15.5. The summed E-state index contributed by atoms with van der Waals surface area (Å²) >= 11 is 0. The van der Waals surface area contributed by atoms with Gasteiger partial charge in [-0.2, -0.15) is 13.7 Å². The number of rotatable bonds is 4. The monoisotopic (exact) mass is 304 g/mol. The summed E-state index contributed by atoms with van der Waals surface area (Å²) in [5, 5.41) is 19.3. The largest absolute Gasteiger partial charge is 0.379 e. The van der Waals surface area contributed by atoms with Crippen LogP contribution in [0.4, 0.5) is 5.69 Å². The average molecular weight is 304 g/mol. The summed E-state index contributed by atoms with van der Waals surface area (Å²) in [4.78, 5) is 9.74. The molecule has 2 aromatic carbocycles. The highest BCUT2D eigenvalue weighted by Gasteiger charge is 2.17. The van der Waals surface area contributed by atoms with Crippen LogP contribution in [0.2, 0.25) is 0 Å². The van der Waals surface area contributed by atoms with E-state index in [4.69, 9.17) is 9.44 Å². The van der Waals surface area contributed by atoms with Crippen LogP contribution in [0.15, 0.2) is 53.4 Å². The van der Waals surface area contributed by atoms with Crippen molar-refractivity contribution in [2.45, 2.75) is 4.90 Å². The predicted octanol–water partition coefficient (Wildman–Crippen LogP) is 2.23. The molecule has 0 aromatic heterocycles. The van der Waals surface area contributed by atoms with Gasteiger partial charge in [-0.3, -0.25) is 10.1 Å². The van der Waals surface area contributed by atoms with E-state index in [1.54, 1.807) is 0 Å². The maximum absolute atomic E-state index is 12.0. The number of nitro benzene ring substituents is 1. The van der Waals surface area contributed by atoms with Gasteiger partial charge < -0.3 is 4.18 Å². The molecule has 2 aromatic rings. The Morgan fingerprint density at radius 2 is 1.81 bits per heavy atom. The van der Waals surface area contributed by atoms with Crippen molar-refractivity contribution in [2.75, 3.05) is 0 Å². The van der Waals surface area contributed by atoms with Crippen molar-refractivity contribution in [1.29, 1.82) is 5.26 Å². The molecule has 0 heterocycles. The van der Waals surface area contributed by atoms with Gasteiger partial charge in [-0.05, 0) is 30.3 Å². The van der Waals surface area contributed by atoms with Crippen molar-refractivity contribution < 1.29 is 17.5 Å². The van der Waals surface area contributed by atoms with Gasteiger partial charge in [-0.1, -0.05) is 6.07 Å². The number of nitrogens with zero attached hydrogens (tertiary/aromatic N) is 2. The number of benzene rings is 2. The summed E-state index contributed by atoms with van der Waals surface area (Å²) in [7, 11) is -4.10. The van der Waals surface area contributed by atoms with E-state index < -0.39 is 15.0 Å². The standard InChI is InChI=1S/C13H8N2O5S/c14-9-10-2-1-3-13(8-10)21(18,19)20-12-6-4-11(5-7-12)15(16)17/h1-8H. The van der Waals surface area contributed by atoms with Crippen LogP contribution in [0.3, 0.4) is 0 Å². The van der Waals surface area contributed by atoms with Gasteiger partial charge in [0, 0.05) is 12.1 Å². The van der Waals surface area contributed by atoms with Crippen LogP contribution in [0, 0.1) is 21.4 Å². The summed E-state index contributed by atoms with van der Waals surface area (Å²) in [5.41, 5.74) is 0.00889. The van der Waals surface area contributed by atoms with Gasteiger partial charge in [0.2, 0.25) is 0 Å². The minimum atomic E-state index is -4.10. The highest BCUT2D eigenvalue weighted by Crippen LogP contribution is 2.22. The lowest BCUT2D eigenvalue weighted by Gasteiger charge is -2.06. The first kappa shape index (κ1) is 14.5. The third-order valence-electron chi connectivity index (χ3n) is 2.51. The van der Waals surface area contributed by atoms with Gasteiger partial charge in [0.1, 0.15) is 10.6 Å². The van der Waals surface area contributed by atoms with E-state index in [1.807, 2.05) is 6.07 Å². The number of hydrogen-bond donors (Lipinski definition) is 0. The number of hydrogen-bond acceptors (Lipinski definition) is 6. The van der Waals surface area contributed by atoms with Crippen molar-refractivity contribution in [3.05, 3.63) is 64.2 Å². The summed E-state index contributed by atoms with van der Waals surface area (Å²) in [6, 6.07) is 11.8. The number of nitro groups is 1. The molecule has 0 saturated carbocycles. The molecule has 0 saturated heterocycles. The highest BCUT2D eigenvalue weighted by atomic mass is 32.2. The Morgan fingerprint density at radius 3 is 2.38 bits per heavy atom. The molecule has 0 atom stereocenters. The Labute approximate surface area is 120 Å². The van der Waals surface area contributed by atoms with E-state index in [0.717, 1.165) is 12.1 Å². The van der Waals surface area contributed by atoms with E-state index in [2.05, 4.69) is 0 Å². The molecule has 8 heteroatoms. The van der Waals surface area contributed by atoms with E-state index in [9.17, 15) is 18.5 Å². The van der Waals surface area contributed by atoms with Crippen molar-refractivity contribution in [1.82, 2.24) is 0 Å². The Hall–Kier alpha value is -2.92. The molecule has 0 amide bonds. The van der Waals surface area contributed by atoms with Gasteiger partial charge in [0.15, 0.2) is 0 Å². The van der Waals surface area contributed by atoms with Crippen LogP contribution in [0.25, 0.3) is 0 Å². The summed E-state index contributed by atoms with van der Waals surface area (Å²) in [6.45, 7) is 0. The zero-order valence-electron chi connectivity index (χ0n) is 10.5. The van der Waals surface area contributed by atoms with E-state index in [-0.39, 0.29) is 21.9 Å². The molecule has 0 fully saturated rings. The first-order chi connectivity index (χ1) is 9.92. The van der Waals surface area contributed by atoms with E-state index >= 15 is 0 Å². The summed E-state index contributed by atoms with van der Waals surface area (Å²) < 4.78 is 28.9. The first-order valence-corrected chi connectivity index (χ1v) is 7.02. The van der Waals surface area contributed by atoms with Gasteiger partial charge in [0.25, 0.3) is 5.69 Å². The SMILES string of the molecule is N#Cc1cccc(S(=O)(=O)Oc2ccc([N+](=O)[O-])cc2)c1. The average Bonchev–Trinajstić information content (AvgIpc) is 2.47. The maximum Gasteiger partial charge on any atom is 0.339 e. The van der Waals surface area contributed by atoms with E-state index in [0.29, 0.717) is 0 Å². The van der Waals surface area contributed by atoms with Gasteiger partial charge >= 0.3 is 10.1 Å². The summed E-state index contributed by atoms with van der Waals surface area (Å²) in [6.07, 6.45) is 0. The predicted molar refractivity (Wildman–Crippen MR) is 72.1 cm³/mol. The zero-order valence-corrected chi connectivity index (χ0v) is 11.3. The first-order valence-electron chi connectivity index (χ1n) is 5.61. The molecule has 106 valence electrons. The number of non-ortho nitro benzene ring substituents is 1.